The lowest BCUT2D eigenvalue weighted by Gasteiger charge is -2.52. The number of esters is 1. The molecular weight excluding hydrogens is 432 g/mol. The summed E-state index contributed by atoms with van der Waals surface area (Å²) in [5.74, 6) is 1.19. The fraction of sp³-hybridized carbons (Fsp3) is 0.710. The number of benzene rings is 1. The maximum absolute atomic E-state index is 13.4. The third-order valence-corrected chi connectivity index (χ3v) is 9.74. The van der Waals surface area contributed by atoms with Crippen LogP contribution in [0.4, 0.5) is 0 Å². The summed E-state index contributed by atoms with van der Waals surface area (Å²) in [5, 5.41) is 20.0. The molecule has 0 saturated heterocycles. The molecule has 1 aromatic rings. The summed E-state index contributed by atoms with van der Waals surface area (Å²) >= 11 is 0. The smallest absolute Gasteiger partial charge is 0.317 e. The van der Waals surface area contributed by atoms with Crippen LogP contribution in [0.15, 0.2) is 12.1 Å². The van der Waals surface area contributed by atoms with Gasteiger partial charge in [0.2, 0.25) is 0 Å². The van der Waals surface area contributed by atoms with Crippen LogP contribution in [0.5, 0.6) is 5.75 Å². The molecular formula is C31H42N2O2. The Morgan fingerprint density at radius 1 is 0.914 bits per heavy atom. The largest absolute Gasteiger partial charge is 0.425 e. The van der Waals surface area contributed by atoms with Crippen LogP contribution in [0.1, 0.15) is 139 Å². The molecule has 0 heterocycles. The second-order valence-corrected chi connectivity index (χ2v) is 11.8. The third-order valence-electron chi connectivity index (χ3n) is 9.74. The van der Waals surface area contributed by atoms with E-state index in [0.29, 0.717) is 16.9 Å². The molecule has 0 N–H and O–H groups in total. The van der Waals surface area contributed by atoms with Gasteiger partial charge in [0.15, 0.2) is 0 Å². The highest BCUT2D eigenvalue weighted by molar-refractivity contribution is 5.80. The minimum absolute atomic E-state index is 0.192. The predicted molar refractivity (Wildman–Crippen MR) is 138 cm³/mol. The van der Waals surface area contributed by atoms with Crippen molar-refractivity contribution in [3.63, 3.8) is 0 Å². The summed E-state index contributed by atoms with van der Waals surface area (Å²) < 4.78 is 5.93. The Kier molecular flexibility index (Phi) is 8.21. The lowest BCUT2D eigenvalue weighted by atomic mass is 9.52. The van der Waals surface area contributed by atoms with Crippen molar-refractivity contribution >= 4 is 5.97 Å². The first-order chi connectivity index (χ1) is 17.0. The van der Waals surface area contributed by atoms with Gasteiger partial charge in [-0.1, -0.05) is 52.0 Å². The molecule has 2 bridgehead atoms. The molecule has 1 aromatic carbocycles. The van der Waals surface area contributed by atoms with Crippen molar-refractivity contribution in [1.29, 1.82) is 10.5 Å². The van der Waals surface area contributed by atoms with Gasteiger partial charge in [0.1, 0.15) is 23.5 Å². The quantitative estimate of drug-likeness (QED) is 0.205. The van der Waals surface area contributed by atoms with Gasteiger partial charge < -0.3 is 4.74 Å². The fourth-order valence-corrected chi connectivity index (χ4v) is 7.38. The number of hydrogen-bond acceptors (Lipinski definition) is 4. The Morgan fingerprint density at radius 3 is 2.14 bits per heavy atom. The van der Waals surface area contributed by atoms with Crippen LogP contribution in [-0.2, 0) is 4.79 Å². The molecule has 4 aliphatic rings. The Hall–Kier alpha value is -2.33. The van der Waals surface area contributed by atoms with E-state index in [1.807, 2.05) is 6.07 Å². The summed E-state index contributed by atoms with van der Waals surface area (Å²) in [5.41, 5.74) is 1.64. The molecule has 0 spiro atoms. The molecule has 5 rings (SSSR count). The van der Waals surface area contributed by atoms with E-state index in [1.165, 1.54) is 51.4 Å². The molecule has 0 aromatic heterocycles. The second-order valence-electron chi connectivity index (χ2n) is 11.8. The normalized spacial score (nSPS) is 29.8. The van der Waals surface area contributed by atoms with E-state index in [0.717, 1.165) is 62.8 Å². The average molecular weight is 475 g/mol. The topological polar surface area (TPSA) is 73.9 Å². The predicted octanol–water partition coefficient (Wildman–Crippen LogP) is 8.33. The van der Waals surface area contributed by atoms with Gasteiger partial charge in [0, 0.05) is 0 Å². The summed E-state index contributed by atoms with van der Waals surface area (Å²) in [6.45, 7) is 4.49. The monoisotopic (exact) mass is 474 g/mol. The lowest BCUT2D eigenvalue weighted by molar-refractivity contribution is -0.156. The van der Waals surface area contributed by atoms with Crippen LogP contribution < -0.4 is 4.74 Å². The van der Waals surface area contributed by atoms with E-state index >= 15 is 0 Å². The Morgan fingerprint density at radius 2 is 1.57 bits per heavy atom. The van der Waals surface area contributed by atoms with E-state index in [4.69, 9.17) is 4.74 Å². The number of nitriles is 2. The van der Waals surface area contributed by atoms with E-state index in [1.54, 1.807) is 6.07 Å². The van der Waals surface area contributed by atoms with Crippen molar-refractivity contribution in [3.8, 4) is 17.9 Å². The molecule has 4 aliphatic carbocycles. The maximum Gasteiger partial charge on any atom is 0.317 e. The zero-order chi connectivity index (χ0) is 24.9. The lowest BCUT2D eigenvalue weighted by Crippen LogP contribution is -2.47. The minimum Gasteiger partial charge on any atom is -0.425 e. The number of carbonyl (C=O) groups excluding carboxylic acids is 1. The molecule has 4 heteroatoms. The van der Waals surface area contributed by atoms with Crippen molar-refractivity contribution in [2.24, 2.45) is 16.7 Å². The summed E-state index contributed by atoms with van der Waals surface area (Å²) in [6, 6.07) is 8.24. The van der Waals surface area contributed by atoms with Crippen LogP contribution in [0.2, 0.25) is 0 Å². The van der Waals surface area contributed by atoms with Crippen LogP contribution in [0.3, 0.4) is 0 Å². The highest BCUT2D eigenvalue weighted by Gasteiger charge is 2.53. The number of unbranched alkanes of at least 4 members (excludes halogenated alkanes) is 2. The summed E-state index contributed by atoms with van der Waals surface area (Å²) in [6.07, 6.45) is 18.1. The van der Waals surface area contributed by atoms with E-state index in [2.05, 4.69) is 26.0 Å². The Bertz CT molecular complexity index is 966. The number of hydrogen-bond donors (Lipinski definition) is 0. The molecule has 4 saturated carbocycles. The number of nitrogens with zero attached hydrogens (tertiary/aromatic N) is 2. The first-order valence-electron chi connectivity index (χ1n) is 14.2. The van der Waals surface area contributed by atoms with Crippen LogP contribution in [0, 0.1) is 39.4 Å². The molecule has 0 atom stereocenters. The minimum atomic E-state index is -0.413. The number of rotatable bonds is 9. The standard InChI is InChI=1S/C31H42N2O2/c1-3-5-6-7-23-8-10-24(11-9-23)25-12-13-28(27(22-33)26(25)21-32)35-29(34)31-18-15-30(14-4-2,16-19-31)17-20-31/h12-13,23-24H,3-11,14-20H2,1-2H3/t23-,24-,30?,31?. The van der Waals surface area contributed by atoms with E-state index in [9.17, 15) is 15.3 Å². The first kappa shape index (κ1) is 25.8. The van der Waals surface area contributed by atoms with Crippen LogP contribution in [-0.4, -0.2) is 5.97 Å². The zero-order valence-corrected chi connectivity index (χ0v) is 21.8. The van der Waals surface area contributed by atoms with Gasteiger partial charge in [-0.2, -0.15) is 10.5 Å². The van der Waals surface area contributed by atoms with E-state index < -0.39 is 5.41 Å². The fourth-order valence-electron chi connectivity index (χ4n) is 7.38. The SMILES string of the molecule is CCCCC[C@H]1CC[C@H](c2ccc(OC(=O)C34CCC(CCC)(CC3)CC4)c(C#N)c2C#N)CC1. The molecule has 35 heavy (non-hydrogen) atoms. The Labute approximate surface area is 212 Å². The van der Waals surface area contributed by atoms with Crippen molar-refractivity contribution in [3.05, 3.63) is 28.8 Å². The van der Waals surface area contributed by atoms with Crippen molar-refractivity contribution in [2.75, 3.05) is 0 Å². The summed E-state index contributed by atoms with van der Waals surface area (Å²) in [7, 11) is 0. The van der Waals surface area contributed by atoms with Gasteiger partial charge in [-0.25, -0.2) is 0 Å². The molecule has 4 nitrogen and oxygen atoms in total. The van der Waals surface area contributed by atoms with Gasteiger partial charge in [0.05, 0.1) is 11.0 Å². The van der Waals surface area contributed by atoms with Crippen molar-refractivity contribution in [1.82, 2.24) is 0 Å². The maximum atomic E-state index is 13.4. The van der Waals surface area contributed by atoms with Gasteiger partial charge >= 0.3 is 5.97 Å². The summed E-state index contributed by atoms with van der Waals surface area (Å²) in [4.78, 5) is 13.4. The molecule has 0 unspecified atom stereocenters. The number of fused-ring (bicyclic) bond motifs is 3. The third kappa shape index (κ3) is 5.28. The average Bonchev–Trinajstić information content (AvgIpc) is 2.90. The second kappa shape index (κ2) is 11.2. The van der Waals surface area contributed by atoms with E-state index in [-0.39, 0.29) is 17.3 Å². The molecule has 0 amide bonds. The first-order valence-corrected chi connectivity index (χ1v) is 14.2. The van der Waals surface area contributed by atoms with Crippen molar-refractivity contribution < 1.29 is 9.53 Å². The van der Waals surface area contributed by atoms with Crippen LogP contribution >= 0.6 is 0 Å². The Balaban J connectivity index is 1.46. The highest BCUT2D eigenvalue weighted by Crippen LogP contribution is 2.59. The van der Waals surface area contributed by atoms with Gasteiger partial charge in [0.25, 0.3) is 0 Å². The number of ether oxygens (including phenoxy) is 1. The van der Waals surface area contributed by atoms with Crippen molar-refractivity contribution in [2.45, 2.75) is 122 Å². The van der Waals surface area contributed by atoms with Gasteiger partial charge in [-0.15, -0.1) is 0 Å². The molecule has 0 radical (unpaired) electrons. The number of carbonyl (C=O) groups is 1. The van der Waals surface area contributed by atoms with Gasteiger partial charge in [-0.05, 0) is 99.5 Å². The van der Waals surface area contributed by atoms with Crippen LogP contribution in [0.25, 0.3) is 0 Å². The molecule has 0 aliphatic heterocycles. The molecule has 188 valence electrons. The van der Waals surface area contributed by atoms with Gasteiger partial charge in [-0.3, -0.25) is 4.79 Å². The zero-order valence-electron chi connectivity index (χ0n) is 21.8. The highest BCUT2D eigenvalue weighted by atomic mass is 16.5. The molecule has 4 fully saturated rings.